The number of nitrogens with zero attached hydrogens (tertiary/aromatic N) is 3. The van der Waals surface area contributed by atoms with Gasteiger partial charge in [-0.1, -0.05) is 49.4 Å². The standard InChI is InChI=1S/C25H29N3O/c1-2-27-18-22(20-8-4-3-5-9-20)16-25(19-27)12-14-28(15-13-25)24(29)23-11-7-6-10-21(23)17-26/h3-11,22H,2,12-16,18-19H2,1H3. The SMILES string of the molecule is CCN1CC(c2ccccc2)CC2(CCN(C(=O)c3ccccc3C#N)CC2)C1. The van der Waals surface area contributed by atoms with Crippen molar-refractivity contribution in [3.63, 3.8) is 0 Å². The lowest BCUT2D eigenvalue weighted by Crippen LogP contribution is -2.52. The zero-order valence-electron chi connectivity index (χ0n) is 17.2. The fourth-order valence-corrected chi connectivity index (χ4v) is 5.18. The van der Waals surface area contributed by atoms with Gasteiger partial charge in [0, 0.05) is 26.2 Å². The van der Waals surface area contributed by atoms with E-state index in [1.165, 1.54) is 12.0 Å². The number of hydrogen-bond acceptors (Lipinski definition) is 3. The zero-order valence-corrected chi connectivity index (χ0v) is 17.2. The number of hydrogen-bond donors (Lipinski definition) is 0. The highest BCUT2D eigenvalue weighted by Gasteiger charge is 2.42. The van der Waals surface area contributed by atoms with E-state index in [0.717, 1.165) is 45.6 Å². The summed E-state index contributed by atoms with van der Waals surface area (Å²) in [5, 5.41) is 9.33. The van der Waals surface area contributed by atoms with Crippen LogP contribution in [0.4, 0.5) is 0 Å². The van der Waals surface area contributed by atoms with Crippen LogP contribution in [0.3, 0.4) is 0 Å². The Hall–Kier alpha value is -2.64. The third-order valence-corrected chi connectivity index (χ3v) is 6.82. The van der Waals surface area contributed by atoms with Gasteiger partial charge in [-0.3, -0.25) is 4.79 Å². The van der Waals surface area contributed by atoms with Crippen molar-refractivity contribution in [2.45, 2.75) is 32.1 Å². The molecule has 4 heteroatoms. The van der Waals surface area contributed by atoms with Crippen LogP contribution in [0.2, 0.25) is 0 Å². The number of likely N-dealkylation sites (N-methyl/N-ethyl adjacent to an activating group) is 1. The Bertz CT molecular complexity index is 894. The van der Waals surface area contributed by atoms with Crippen LogP contribution in [0.1, 0.15) is 53.6 Å². The lowest BCUT2D eigenvalue weighted by molar-refractivity contribution is 0.0158. The molecule has 2 fully saturated rings. The van der Waals surface area contributed by atoms with E-state index >= 15 is 0 Å². The summed E-state index contributed by atoms with van der Waals surface area (Å²) in [6.07, 6.45) is 3.27. The molecule has 29 heavy (non-hydrogen) atoms. The van der Waals surface area contributed by atoms with E-state index in [0.29, 0.717) is 17.0 Å². The van der Waals surface area contributed by atoms with Gasteiger partial charge in [-0.15, -0.1) is 0 Å². The molecule has 4 rings (SSSR count). The average molecular weight is 388 g/mol. The number of carbonyl (C=O) groups excluding carboxylic acids is 1. The zero-order chi connectivity index (χ0) is 20.3. The molecule has 1 amide bonds. The Morgan fingerprint density at radius 1 is 1.10 bits per heavy atom. The van der Waals surface area contributed by atoms with Crippen molar-refractivity contribution in [1.29, 1.82) is 5.26 Å². The molecule has 2 aliphatic heterocycles. The van der Waals surface area contributed by atoms with Crippen LogP contribution in [0.15, 0.2) is 54.6 Å². The van der Waals surface area contributed by atoms with Gasteiger partial charge in [-0.25, -0.2) is 0 Å². The Balaban J connectivity index is 1.48. The third kappa shape index (κ3) is 4.06. The van der Waals surface area contributed by atoms with E-state index in [9.17, 15) is 10.1 Å². The van der Waals surface area contributed by atoms with E-state index in [4.69, 9.17) is 0 Å². The van der Waals surface area contributed by atoms with E-state index in [1.807, 2.05) is 17.0 Å². The summed E-state index contributed by atoms with van der Waals surface area (Å²) < 4.78 is 0. The second-order valence-electron chi connectivity index (χ2n) is 8.59. The summed E-state index contributed by atoms with van der Waals surface area (Å²) >= 11 is 0. The largest absolute Gasteiger partial charge is 0.339 e. The highest BCUT2D eigenvalue weighted by Crippen LogP contribution is 2.45. The normalized spacial score (nSPS) is 21.7. The molecule has 150 valence electrons. The number of rotatable bonds is 3. The molecule has 0 aromatic heterocycles. The van der Waals surface area contributed by atoms with Gasteiger partial charge in [0.15, 0.2) is 0 Å². The second kappa shape index (κ2) is 8.39. The van der Waals surface area contributed by atoms with Gasteiger partial charge in [0.25, 0.3) is 5.91 Å². The number of carbonyl (C=O) groups is 1. The molecule has 2 aromatic rings. The maximum atomic E-state index is 13.0. The third-order valence-electron chi connectivity index (χ3n) is 6.82. The maximum absolute atomic E-state index is 13.0. The summed E-state index contributed by atoms with van der Waals surface area (Å²) in [5.41, 5.74) is 2.72. The lowest BCUT2D eigenvalue weighted by Gasteiger charge is -2.50. The van der Waals surface area contributed by atoms with Crippen LogP contribution in [0, 0.1) is 16.7 Å². The monoisotopic (exact) mass is 387 g/mol. The van der Waals surface area contributed by atoms with Crippen molar-refractivity contribution < 1.29 is 4.79 Å². The second-order valence-corrected chi connectivity index (χ2v) is 8.59. The molecular formula is C25H29N3O. The van der Waals surface area contributed by atoms with E-state index in [-0.39, 0.29) is 11.3 Å². The maximum Gasteiger partial charge on any atom is 0.255 e. The van der Waals surface area contributed by atoms with Gasteiger partial charge in [-0.2, -0.15) is 5.26 Å². The van der Waals surface area contributed by atoms with Crippen molar-refractivity contribution in [3.8, 4) is 6.07 Å². The van der Waals surface area contributed by atoms with Gasteiger partial charge >= 0.3 is 0 Å². The lowest BCUT2D eigenvalue weighted by atomic mass is 9.68. The molecule has 1 spiro atoms. The Labute approximate surface area is 173 Å². The van der Waals surface area contributed by atoms with Crippen molar-refractivity contribution in [2.75, 3.05) is 32.7 Å². The van der Waals surface area contributed by atoms with E-state index in [1.54, 1.807) is 12.1 Å². The fraction of sp³-hybridized carbons (Fsp3) is 0.440. The van der Waals surface area contributed by atoms with Gasteiger partial charge in [0.2, 0.25) is 0 Å². The van der Waals surface area contributed by atoms with Crippen LogP contribution in [0.25, 0.3) is 0 Å². The van der Waals surface area contributed by atoms with Gasteiger partial charge in [0.1, 0.15) is 0 Å². The first-order valence-electron chi connectivity index (χ1n) is 10.7. The molecule has 2 aliphatic rings. The van der Waals surface area contributed by atoms with Crippen molar-refractivity contribution >= 4 is 5.91 Å². The number of benzene rings is 2. The van der Waals surface area contributed by atoms with Crippen LogP contribution >= 0.6 is 0 Å². The van der Waals surface area contributed by atoms with Crippen LogP contribution in [-0.2, 0) is 0 Å². The summed E-state index contributed by atoms with van der Waals surface area (Å²) in [6, 6.07) is 20.2. The molecule has 1 unspecified atom stereocenters. The van der Waals surface area contributed by atoms with Gasteiger partial charge < -0.3 is 9.80 Å². The summed E-state index contributed by atoms with van der Waals surface area (Å²) in [6.45, 7) is 7.13. The van der Waals surface area contributed by atoms with Crippen LogP contribution < -0.4 is 0 Å². The molecule has 2 saturated heterocycles. The van der Waals surface area contributed by atoms with Crippen LogP contribution in [-0.4, -0.2) is 48.4 Å². The minimum Gasteiger partial charge on any atom is -0.339 e. The minimum atomic E-state index is -0.000216. The summed E-state index contributed by atoms with van der Waals surface area (Å²) in [4.78, 5) is 17.6. The molecule has 0 radical (unpaired) electrons. The average Bonchev–Trinajstić information content (AvgIpc) is 2.79. The Kier molecular flexibility index (Phi) is 5.69. The van der Waals surface area contributed by atoms with Gasteiger partial charge in [-0.05, 0) is 54.8 Å². The highest BCUT2D eigenvalue weighted by molar-refractivity contribution is 5.96. The van der Waals surface area contributed by atoms with Gasteiger partial charge in [0.05, 0.1) is 17.2 Å². The molecule has 2 aromatic carbocycles. The first-order valence-corrected chi connectivity index (χ1v) is 10.7. The number of nitriles is 1. The number of likely N-dealkylation sites (tertiary alicyclic amines) is 2. The topological polar surface area (TPSA) is 47.3 Å². The molecule has 4 nitrogen and oxygen atoms in total. The smallest absolute Gasteiger partial charge is 0.255 e. The molecular weight excluding hydrogens is 358 g/mol. The van der Waals surface area contributed by atoms with Crippen molar-refractivity contribution in [1.82, 2.24) is 9.80 Å². The van der Waals surface area contributed by atoms with E-state index in [2.05, 4.69) is 48.2 Å². The minimum absolute atomic E-state index is 0.000216. The fourth-order valence-electron chi connectivity index (χ4n) is 5.18. The predicted octanol–water partition coefficient (Wildman–Crippen LogP) is 4.29. The first kappa shape index (κ1) is 19.7. The Morgan fingerprint density at radius 2 is 1.79 bits per heavy atom. The summed E-state index contributed by atoms with van der Waals surface area (Å²) in [7, 11) is 0. The molecule has 0 N–H and O–H groups in total. The predicted molar refractivity (Wildman–Crippen MR) is 115 cm³/mol. The van der Waals surface area contributed by atoms with Crippen molar-refractivity contribution in [2.24, 2.45) is 5.41 Å². The van der Waals surface area contributed by atoms with Crippen molar-refractivity contribution in [3.05, 3.63) is 71.3 Å². The van der Waals surface area contributed by atoms with E-state index < -0.39 is 0 Å². The Morgan fingerprint density at radius 3 is 2.48 bits per heavy atom. The number of amides is 1. The molecule has 0 saturated carbocycles. The molecule has 2 heterocycles. The quantitative estimate of drug-likeness (QED) is 0.789. The summed E-state index contributed by atoms with van der Waals surface area (Å²) in [5.74, 6) is 0.561. The van der Waals surface area contributed by atoms with Crippen LogP contribution in [0.5, 0.6) is 0 Å². The molecule has 0 aliphatic carbocycles. The highest BCUT2D eigenvalue weighted by atomic mass is 16.2. The molecule has 1 atom stereocenters. The first-order chi connectivity index (χ1) is 14.1. The number of piperidine rings is 2. The molecule has 0 bridgehead atoms.